The maximum Gasteiger partial charge on any atom is 0.119 e. The third-order valence-corrected chi connectivity index (χ3v) is 3.75. The smallest absolute Gasteiger partial charge is 0.119 e. The van der Waals surface area contributed by atoms with Crippen LogP contribution >= 0.6 is 0 Å². The van der Waals surface area contributed by atoms with Gasteiger partial charge in [-0.05, 0) is 67.6 Å². The molecule has 3 rings (SSSR count). The molecule has 0 unspecified atom stereocenters. The van der Waals surface area contributed by atoms with E-state index < -0.39 is 0 Å². The number of nitrogens with one attached hydrogen (secondary N) is 2. The second kappa shape index (κ2) is 7.57. The quantitative estimate of drug-likeness (QED) is 0.489. The molecule has 0 saturated carbocycles. The van der Waals surface area contributed by atoms with Gasteiger partial charge in [0, 0.05) is 11.4 Å². The van der Waals surface area contributed by atoms with E-state index in [0.717, 1.165) is 17.1 Å². The van der Waals surface area contributed by atoms with Gasteiger partial charge in [0.05, 0.1) is 35.1 Å². The summed E-state index contributed by atoms with van der Waals surface area (Å²) in [5, 5.41) is 11.4. The average molecular weight is 347 g/mol. The van der Waals surface area contributed by atoms with Crippen molar-refractivity contribution in [3.63, 3.8) is 0 Å². The van der Waals surface area contributed by atoms with Gasteiger partial charge < -0.3 is 21.5 Å². The lowest BCUT2D eigenvalue weighted by Crippen LogP contribution is -2.21. The maximum absolute atomic E-state index is 8.15. The zero-order valence-corrected chi connectivity index (χ0v) is 14.5. The molecule has 1 aliphatic carbocycles. The zero-order chi connectivity index (χ0) is 18.5. The van der Waals surface area contributed by atoms with Crippen molar-refractivity contribution in [1.29, 1.82) is 5.41 Å². The summed E-state index contributed by atoms with van der Waals surface area (Å²) in [6.07, 6.45) is 3.36. The van der Waals surface area contributed by atoms with Crippen LogP contribution in [0.2, 0.25) is 0 Å². The van der Waals surface area contributed by atoms with Crippen LogP contribution in [-0.4, -0.2) is 18.0 Å². The molecule has 0 bridgehead atoms. The molecule has 26 heavy (non-hydrogen) atoms. The molecule has 0 heterocycles. The SMILES string of the molecule is CCOc1ccc(NC2=C/C(=N/c3ccc(N)cc3)C(N)=CC2=N)cc1. The Morgan fingerprint density at radius 3 is 2.35 bits per heavy atom. The highest BCUT2D eigenvalue weighted by Gasteiger charge is 2.14. The van der Waals surface area contributed by atoms with Gasteiger partial charge in [0.2, 0.25) is 0 Å². The second-order valence-electron chi connectivity index (χ2n) is 5.74. The molecule has 0 saturated heterocycles. The van der Waals surface area contributed by atoms with E-state index in [0.29, 0.717) is 35.1 Å². The van der Waals surface area contributed by atoms with Crippen LogP contribution in [0.1, 0.15) is 6.92 Å². The van der Waals surface area contributed by atoms with Gasteiger partial charge in [-0.1, -0.05) is 0 Å². The van der Waals surface area contributed by atoms with E-state index in [-0.39, 0.29) is 0 Å². The molecule has 0 spiro atoms. The lowest BCUT2D eigenvalue weighted by molar-refractivity contribution is 0.340. The first kappa shape index (κ1) is 17.3. The number of aliphatic imine (C=N–C) groups is 1. The van der Waals surface area contributed by atoms with Gasteiger partial charge in [-0.15, -0.1) is 0 Å². The molecule has 0 radical (unpaired) electrons. The van der Waals surface area contributed by atoms with Crippen LogP contribution in [0.5, 0.6) is 5.75 Å². The van der Waals surface area contributed by atoms with Gasteiger partial charge in [-0.2, -0.15) is 0 Å². The first-order valence-corrected chi connectivity index (χ1v) is 8.27. The van der Waals surface area contributed by atoms with Gasteiger partial charge in [-0.25, -0.2) is 4.99 Å². The zero-order valence-electron chi connectivity index (χ0n) is 14.5. The van der Waals surface area contributed by atoms with Crippen molar-refractivity contribution in [3.8, 4) is 5.75 Å². The number of allylic oxidation sites excluding steroid dienone is 2. The lowest BCUT2D eigenvalue weighted by Gasteiger charge is -2.16. The second-order valence-corrected chi connectivity index (χ2v) is 5.74. The van der Waals surface area contributed by atoms with Gasteiger partial charge in [0.1, 0.15) is 5.75 Å². The fourth-order valence-electron chi connectivity index (χ4n) is 2.45. The minimum atomic E-state index is 0.299. The van der Waals surface area contributed by atoms with Gasteiger partial charge in [0.25, 0.3) is 0 Å². The van der Waals surface area contributed by atoms with Gasteiger partial charge in [0.15, 0.2) is 0 Å². The van der Waals surface area contributed by atoms with Crippen molar-refractivity contribution in [2.45, 2.75) is 6.92 Å². The fraction of sp³-hybridized carbons (Fsp3) is 0.100. The van der Waals surface area contributed by atoms with Crippen molar-refractivity contribution in [1.82, 2.24) is 0 Å². The first-order chi connectivity index (χ1) is 12.5. The van der Waals surface area contributed by atoms with E-state index in [1.807, 2.05) is 43.3 Å². The summed E-state index contributed by atoms with van der Waals surface area (Å²) in [5.74, 6) is 0.806. The molecule has 0 fully saturated rings. The lowest BCUT2D eigenvalue weighted by atomic mass is 10.0. The molecule has 6 nitrogen and oxygen atoms in total. The Morgan fingerprint density at radius 1 is 1.00 bits per heavy atom. The third-order valence-electron chi connectivity index (χ3n) is 3.75. The molecule has 2 aromatic carbocycles. The summed E-state index contributed by atoms with van der Waals surface area (Å²) >= 11 is 0. The summed E-state index contributed by atoms with van der Waals surface area (Å²) in [6, 6.07) is 14.8. The number of hydrogen-bond acceptors (Lipinski definition) is 6. The van der Waals surface area contributed by atoms with Crippen molar-refractivity contribution in [2.75, 3.05) is 17.7 Å². The molecule has 2 aromatic rings. The maximum atomic E-state index is 8.15. The molecule has 0 aromatic heterocycles. The van der Waals surface area contributed by atoms with Crippen molar-refractivity contribution in [2.24, 2.45) is 10.7 Å². The summed E-state index contributed by atoms with van der Waals surface area (Å²) in [4.78, 5) is 4.54. The predicted molar refractivity (Wildman–Crippen MR) is 107 cm³/mol. The molecule has 1 aliphatic rings. The number of benzene rings is 2. The Kier molecular flexibility index (Phi) is 5.03. The van der Waals surface area contributed by atoms with Crippen LogP contribution in [0.25, 0.3) is 0 Å². The fourth-order valence-corrected chi connectivity index (χ4v) is 2.45. The molecule has 132 valence electrons. The van der Waals surface area contributed by atoms with E-state index >= 15 is 0 Å². The molecular weight excluding hydrogens is 326 g/mol. The normalized spacial score (nSPS) is 15.4. The highest BCUT2D eigenvalue weighted by Crippen LogP contribution is 2.21. The number of nitrogens with zero attached hydrogens (tertiary/aromatic N) is 1. The largest absolute Gasteiger partial charge is 0.494 e. The Morgan fingerprint density at radius 2 is 1.69 bits per heavy atom. The summed E-state index contributed by atoms with van der Waals surface area (Å²) in [5.41, 5.74) is 16.0. The van der Waals surface area contributed by atoms with Crippen LogP contribution in [0.3, 0.4) is 0 Å². The van der Waals surface area contributed by atoms with Crippen molar-refractivity contribution in [3.05, 3.63) is 72.1 Å². The van der Waals surface area contributed by atoms with Crippen LogP contribution in [-0.2, 0) is 0 Å². The van der Waals surface area contributed by atoms with Crippen molar-refractivity contribution >= 4 is 28.5 Å². The summed E-state index contributed by atoms with van der Waals surface area (Å²) in [7, 11) is 0. The van der Waals surface area contributed by atoms with E-state index in [1.165, 1.54) is 0 Å². The van der Waals surface area contributed by atoms with E-state index in [4.69, 9.17) is 21.6 Å². The predicted octanol–water partition coefficient (Wildman–Crippen LogP) is 3.61. The highest BCUT2D eigenvalue weighted by molar-refractivity contribution is 6.23. The minimum absolute atomic E-state index is 0.299. The summed E-state index contributed by atoms with van der Waals surface area (Å²) < 4.78 is 5.44. The van der Waals surface area contributed by atoms with E-state index in [1.54, 1.807) is 24.3 Å². The highest BCUT2D eigenvalue weighted by atomic mass is 16.5. The van der Waals surface area contributed by atoms with E-state index in [9.17, 15) is 0 Å². The van der Waals surface area contributed by atoms with Crippen LogP contribution < -0.4 is 21.5 Å². The number of anilines is 2. The minimum Gasteiger partial charge on any atom is -0.494 e. The third kappa shape index (κ3) is 4.10. The molecule has 6 heteroatoms. The van der Waals surface area contributed by atoms with Crippen LogP contribution in [0.4, 0.5) is 17.1 Å². The van der Waals surface area contributed by atoms with Gasteiger partial charge in [-0.3, -0.25) is 5.41 Å². The van der Waals surface area contributed by atoms with Crippen LogP contribution in [0, 0.1) is 5.41 Å². The molecule has 6 N–H and O–H groups in total. The molecule has 0 aliphatic heterocycles. The number of nitrogen functional groups attached to an aromatic ring is 1. The van der Waals surface area contributed by atoms with Crippen LogP contribution in [0.15, 0.2) is 77.1 Å². The Balaban J connectivity index is 1.83. The molecular formula is C20H21N5O. The monoisotopic (exact) mass is 347 g/mol. The topological polar surface area (TPSA) is 110 Å². The van der Waals surface area contributed by atoms with Crippen molar-refractivity contribution < 1.29 is 4.74 Å². The molecule has 0 amide bonds. The number of hydrogen-bond donors (Lipinski definition) is 4. The number of nitrogens with two attached hydrogens (primary N) is 2. The number of rotatable bonds is 5. The summed E-state index contributed by atoms with van der Waals surface area (Å²) in [6.45, 7) is 2.57. The number of ether oxygens (including phenoxy) is 1. The molecule has 0 atom stereocenters. The first-order valence-electron chi connectivity index (χ1n) is 8.27. The van der Waals surface area contributed by atoms with Gasteiger partial charge >= 0.3 is 0 Å². The average Bonchev–Trinajstić information content (AvgIpc) is 2.63. The van der Waals surface area contributed by atoms with E-state index in [2.05, 4.69) is 10.3 Å². The standard InChI is InChI=1S/C20H21N5O/c1-2-26-16-9-7-15(8-10-16)25-20-12-19(17(22)11-18(20)23)24-14-5-3-13(21)4-6-14/h3-12,23,25H,2,21-22H2,1H3/b23-18?,24-19-. The Hall–Kier alpha value is -3.54. The Bertz CT molecular complexity index is 893. The Labute approximate surface area is 152 Å².